The molecule has 0 amide bonds. The summed E-state index contributed by atoms with van der Waals surface area (Å²) in [6, 6.07) is 0. The minimum atomic E-state index is -1.29. The molecule has 0 fully saturated rings. The average molecular weight is 157 g/mol. The Morgan fingerprint density at radius 2 is 2.27 bits per heavy atom. The van der Waals surface area contributed by atoms with E-state index in [1.807, 2.05) is 0 Å². The fourth-order valence-electron chi connectivity index (χ4n) is 0.517. The highest BCUT2D eigenvalue weighted by Crippen LogP contribution is 2.15. The molecule has 0 aromatic carbocycles. The maximum absolute atomic E-state index is 9.95. The van der Waals surface area contributed by atoms with Crippen molar-refractivity contribution in [2.75, 3.05) is 13.2 Å². The van der Waals surface area contributed by atoms with Crippen LogP contribution < -0.4 is 0 Å². The lowest BCUT2D eigenvalue weighted by Crippen LogP contribution is -2.23. The minimum Gasteiger partial charge on any atom is -0.450 e. The molecule has 0 aromatic rings. The molecular weight excluding hydrogens is 146 g/mol. The number of carbonyl (C=O) groups is 1. The summed E-state index contributed by atoms with van der Waals surface area (Å²) >= 11 is 0. The van der Waals surface area contributed by atoms with Gasteiger partial charge >= 0.3 is 6.16 Å². The van der Waals surface area contributed by atoms with Crippen LogP contribution in [-0.2, 0) is 4.74 Å². The molecule has 11 heavy (non-hydrogen) atoms. The molecule has 0 aliphatic rings. The van der Waals surface area contributed by atoms with Crippen molar-refractivity contribution in [3.05, 3.63) is 11.4 Å². The molecule has 0 bridgehead atoms. The third-order valence-electron chi connectivity index (χ3n) is 1.09. The third-order valence-corrected chi connectivity index (χ3v) is 1.09. The number of hydrogen-bond donors (Lipinski definition) is 1. The van der Waals surface area contributed by atoms with Crippen molar-refractivity contribution in [2.45, 2.75) is 13.8 Å². The van der Waals surface area contributed by atoms with Gasteiger partial charge < -0.3 is 14.7 Å². The number of nitrogens with zero attached hydrogens (tertiary/aromatic N) is 1. The summed E-state index contributed by atoms with van der Waals surface area (Å²) in [6.45, 7) is 10.5. The molecule has 1 N–H and O–H groups in total. The Kier molecular flexibility index (Phi) is 3.38. The smallest absolute Gasteiger partial charge is 0.450 e. The highest BCUT2D eigenvalue weighted by molar-refractivity contribution is 5.56. The Balaban J connectivity index is 3.74. The van der Waals surface area contributed by atoms with Gasteiger partial charge in [0.05, 0.1) is 5.41 Å². The lowest BCUT2D eigenvalue weighted by molar-refractivity contribution is 0.0614. The van der Waals surface area contributed by atoms with E-state index in [1.165, 1.54) is 0 Å². The van der Waals surface area contributed by atoms with Crippen LogP contribution in [0.15, 0.2) is 0 Å². The molecule has 0 aromatic heterocycles. The molecule has 0 saturated carbocycles. The predicted octanol–water partition coefficient (Wildman–Crippen LogP) is 1.63. The van der Waals surface area contributed by atoms with Crippen LogP contribution in [0, 0.1) is 12.0 Å². The summed E-state index contributed by atoms with van der Waals surface area (Å²) in [5.74, 6) is 0. The molecule has 0 heterocycles. The second-order valence-electron chi connectivity index (χ2n) is 3.04. The molecule has 0 saturated heterocycles. The van der Waals surface area contributed by atoms with Crippen molar-refractivity contribution in [1.29, 1.82) is 0 Å². The van der Waals surface area contributed by atoms with Crippen LogP contribution in [-0.4, -0.2) is 24.4 Å². The van der Waals surface area contributed by atoms with Crippen molar-refractivity contribution in [3.8, 4) is 0 Å². The zero-order valence-corrected chi connectivity index (χ0v) is 6.63. The van der Waals surface area contributed by atoms with E-state index in [0.717, 1.165) is 0 Å². The molecule has 4 nitrogen and oxygen atoms in total. The summed E-state index contributed by atoms with van der Waals surface area (Å²) in [5, 5.41) is 8.15. The molecule has 0 unspecified atom stereocenters. The zero-order valence-electron chi connectivity index (χ0n) is 6.63. The van der Waals surface area contributed by atoms with E-state index >= 15 is 0 Å². The number of carboxylic acid groups (broad SMARTS) is 1. The second kappa shape index (κ2) is 3.81. The Morgan fingerprint density at radius 3 is 2.64 bits per heavy atom. The van der Waals surface area contributed by atoms with Gasteiger partial charge in [0.1, 0.15) is 6.61 Å². The summed E-state index contributed by atoms with van der Waals surface area (Å²) in [7, 11) is 0. The standard InChI is InChI=1S/C7H11NO3/c1-7(2,4-8-3)5-11-6(9)10/h4-5H2,1-2H3,(H,9,10). The fraction of sp³-hybridized carbons (Fsp3) is 0.714. The first-order chi connectivity index (χ1) is 4.98. The van der Waals surface area contributed by atoms with Crippen LogP contribution in [0.25, 0.3) is 4.85 Å². The maximum atomic E-state index is 9.95. The summed E-state index contributed by atoms with van der Waals surface area (Å²) in [5.41, 5.74) is -0.375. The van der Waals surface area contributed by atoms with Crippen LogP contribution >= 0.6 is 0 Å². The lowest BCUT2D eigenvalue weighted by atomic mass is 9.95. The third kappa shape index (κ3) is 5.22. The first kappa shape index (κ1) is 9.76. The summed E-state index contributed by atoms with van der Waals surface area (Å²) in [4.78, 5) is 13.1. The largest absolute Gasteiger partial charge is 0.505 e. The molecule has 0 radical (unpaired) electrons. The van der Waals surface area contributed by atoms with E-state index in [4.69, 9.17) is 11.7 Å². The van der Waals surface area contributed by atoms with Gasteiger partial charge in [-0.15, -0.1) is 0 Å². The second-order valence-corrected chi connectivity index (χ2v) is 3.04. The van der Waals surface area contributed by atoms with Gasteiger partial charge in [0.2, 0.25) is 6.54 Å². The highest BCUT2D eigenvalue weighted by Gasteiger charge is 2.23. The van der Waals surface area contributed by atoms with Gasteiger partial charge in [0, 0.05) is 0 Å². The van der Waals surface area contributed by atoms with Gasteiger partial charge in [-0.2, -0.15) is 0 Å². The molecule has 4 heteroatoms. The van der Waals surface area contributed by atoms with Crippen LogP contribution in [0.4, 0.5) is 4.79 Å². The van der Waals surface area contributed by atoms with Crippen LogP contribution in [0.2, 0.25) is 0 Å². The molecule has 0 rings (SSSR count). The fourth-order valence-corrected chi connectivity index (χ4v) is 0.517. The van der Waals surface area contributed by atoms with Crippen molar-refractivity contribution in [3.63, 3.8) is 0 Å². The maximum Gasteiger partial charge on any atom is 0.505 e. The van der Waals surface area contributed by atoms with Crippen molar-refractivity contribution in [2.24, 2.45) is 5.41 Å². The Hall–Kier alpha value is -1.24. The lowest BCUT2D eigenvalue weighted by Gasteiger charge is -2.15. The number of ether oxygens (including phenoxy) is 1. The Labute approximate surface area is 65.6 Å². The quantitative estimate of drug-likeness (QED) is 0.500. The number of rotatable bonds is 3. The van der Waals surface area contributed by atoms with Crippen molar-refractivity contribution < 1.29 is 14.6 Å². The van der Waals surface area contributed by atoms with Gasteiger partial charge in [0.25, 0.3) is 0 Å². The van der Waals surface area contributed by atoms with Crippen LogP contribution in [0.3, 0.4) is 0 Å². The van der Waals surface area contributed by atoms with Gasteiger partial charge in [0.15, 0.2) is 0 Å². The van der Waals surface area contributed by atoms with E-state index in [1.54, 1.807) is 13.8 Å². The van der Waals surface area contributed by atoms with E-state index in [9.17, 15) is 4.79 Å². The minimum absolute atomic E-state index is 0.0741. The van der Waals surface area contributed by atoms with E-state index in [2.05, 4.69) is 9.58 Å². The monoisotopic (exact) mass is 157 g/mol. The Bertz CT molecular complexity index is 181. The molecule has 62 valence electrons. The van der Waals surface area contributed by atoms with Crippen molar-refractivity contribution >= 4 is 6.16 Å². The number of hydrogen-bond acceptors (Lipinski definition) is 2. The first-order valence-corrected chi connectivity index (χ1v) is 3.17. The van der Waals surface area contributed by atoms with Gasteiger partial charge in [-0.05, 0) is 13.8 Å². The molecule has 0 aliphatic heterocycles. The van der Waals surface area contributed by atoms with E-state index in [0.29, 0.717) is 0 Å². The Morgan fingerprint density at radius 1 is 1.73 bits per heavy atom. The summed E-state index contributed by atoms with van der Waals surface area (Å²) in [6.07, 6.45) is -1.29. The highest BCUT2D eigenvalue weighted by atomic mass is 16.7. The predicted molar refractivity (Wildman–Crippen MR) is 39.2 cm³/mol. The molecule has 0 spiro atoms. The normalized spacial score (nSPS) is 10.3. The van der Waals surface area contributed by atoms with Crippen molar-refractivity contribution in [1.82, 2.24) is 0 Å². The summed E-state index contributed by atoms with van der Waals surface area (Å²) < 4.78 is 4.33. The average Bonchev–Trinajstić information content (AvgIpc) is 1.84. The van der Waals surface area contributed by atoms with Crippen LogP contribution in [0.5, 0.6) is 0 Å². The van der Waals surface area contributed by atoms with E-state index < -0.39 is 6.16 Å². The first-order valence-electron chi connectivity index (χ1n) is 3.17. The molecule has 0 atom stereocenters. The zero-order chi connectivity index (χ0) is 8.91. The SMILES string of the molecule is [C-]#[N+]CC(C)(C)COC(=O)O. The van der Waals surface area contributed by atoms with Crippen LogP contribution in [0.1, 0.15) is 13.8 Å². The van der Waals surface area contributed by atoms with E-state index in [-0.39, 0.29) is 18.6 Å². The van der Waals surface area contributed by atoms with Gasteiger partial charge in [-0.1, -0.05) is 0 Å². The molecular formula is C7H11NO3. The van der Waals surface area contributed by atoms with Gasteiger partial charge in [-0.25, -0.2) is 11.4 Å². The molecule has 0 aliphatic carbocycles. The topological polar surface area (TPSA) is 50.9 Å². The van der Waals surface area contributed by atoms with Gasteiger partial charge in [-0.3, -0.25) is 0 Å².